The summed E-state index contributed by atoms with van der Waals surface area (Å²) in [6, 6.07) is 0. The highest BCUT2D eigenvalue weighted by Crippen LogP contribution is 2.50. The summed E-state index contributed by atoms with van der Waals surface area (Å²) in [5.41, 5.74) is -0.784. The van der Waals surface area contributed by atoms with Crippen molar-refractivity contribution >= 4 is 0 Å². The van der Waals surface area contributed by atoms with Crippen molar-refractivity contribution in [2.24, 2.45) is 29.6 Å². The van der Waals surface area contributed by atoms with E-state index in [0.717, 1.165) is 12.8 Å². The van der Waals surface area contributed by atoms with E-state index in [2.05, 4.69) is 13.8 Å². The molecule has 2 rings (SSSR count). The highest BCUT2D eigenvalue weighted by atomic mass is 16.3. The molecular formula is C15H28O3. The summed E-state index contributed by atoms with van der Waals surface area (Å²) < 4.78 is 0. The lowest BCUT2D eigenvalue weighted by Crippen LogP contribution is -2.54. The van der Waals surface area contributed by atoms with Crippen LogP contribution in [0, 0.1) is 29.6 Å². The lowest BCUT2D eigenvalue weighted by Gasteiger charge is -2.53. The fourth-order valence-electron chi connectivity index (χ4n) is 4.58. The molecule has 0 aliphatic heterocycles. The molecule has 2 saturated carbocycles. The normalized spacial score (nSPS) is 49.8. The maximum Gasteiger partial charge on any atom is 0.0623 e. The zero-order chi connectivity index (χ0) is 13.7. The minimum atomic E-state index is -0.784. The van der Waals surface area contributed by atoms with Crippen LogP contribution in [0.25, 0.3) is 0 Å². The summed E-state index contributed by atoms with van der Waals surface area (Å²) in [4.78, 5) is 0. The van der Waals surface area contributed by atoms with Gasteiger partial charge in [-0.3, -0.25) is 0 Å². The minimum absolute atomic E-state index is 0.0665. The van der Waals surface area contributed by atoms with Gasteiger partial charge < -0.3 is 15.3 Å². The van der Waals surface area contributed by atoms with Gasteiger partial charge in [-0.05, 0) is 62.7 Å². The van der Waals surface area contributed by atoms with Gasteiger partial charge in [-0.15, -0.1) is 0 Å². The summed E-state index contributed by atoms with van der Waals surface area (Å²) in [5.74, 6) is 1.17. The second-order valence-corrected chi connectivity index (χ2v) is 7.31. The number of hydrogen-bond donors (Lipinski definition) is 3. The fraction of sp³-hybridized carbons (Fsp3) is 1.00. The third-order valence-electron chi connectivity index (χ3n) is 5.40. The molecule has 0 spiro atoms. The van der Waals surface area contributed by atoms with E-state index in [1.54, 1.807) is 0 Å². The Balaban J connectivity index is 2.23. The standard InChI is InChI=1S/C15H28O3/c1-8-5-10-12(16)7-11(15(3,4)18)9(2)14(10)13(17)6-8/h8-14,16-18H,5-7H2,1-4H3/t8-,9+,10?,11+,12+,13-,14?/m0/s1. The van der Waals surface area contributed by atoms with Crippen molar-refractivity contribution in [1.29, 1.82) is 0 Å². The van der Waals surface area contributed by atoms with Crippen LogP contribution in [0.1, 0.15) is 47.0 Å². The van der Waals surface area contributed by atoms with E-state index in [-0.39, 0.29) is 35.9 Å². The van der Waals surface area contributed by atoms with Crippen molar-refractivity contribution in [3.63, 3.8) is 0 Å². The van der Waals surface area contributed by atoms with Gasteiger partial charge >= 0.3 is 0 Å². The topological polar surface area (TPSA) is 60.7 Å². The van der Waals surface area contributed by atoms with Crippen LogP contribution in [-0.4, -0.2) is 33.1 Å². The largest absolute Gasteiger partial charge is 0.393 e. The van der Waals surface area contributed by atoms with Crippen LogP contribution in [0.2, 0.25) is 0 Å². The van der Waals surface area contributed by atoms with Crippen molar-refractivity contribution in [3.05, 3.63) is 0 Å². The highest BCUT2D eigenvalue weighted by molar-refractivity contribution is 5.00. The van der Waals surface area contributed by atoms with Crippen LogP contribution in [0.4, 0.5) is 0 Å². The lowest BCUT2D eigenvalue weighted by molar-refractivity contribution is -0.148. The van der Waals surface area contributed by atoms with Gasteiger partial charge in [0.2, 0.25) is 0 Å². The zero-order valence-corrected chi connectivity index (χ0v) is 12.0. The van der Waals surface area contributed by atoms with Gasteiger partial charge in [0.05, 0.1) is 17.8 Å². The summed E-state index contributed by atoms with van der Waals surface area (Å²) in [7, 11) is 0. The first-order valence-electron chi connectivity index (χ1n) is 7.30. The predicted octanol–water partition coefficient (Wildman–Crippen LogP) is 1.80. The maximum absolute atomic E-state index is 10.4. The van der Waals surface area contributed by atoms with E-state index >= 15 is 0 Å². The van der Waals surface area contributed by atoms with Crippen LogP contribution in [0.3, 0.4) is 0 Å². The minimum Gasteiger partial charge on any atom is -0.393 e. The average molecular weight is 256 g/mol. The van der Waals surface area contributed by atoms with Crippen LogP contribution in [0.5, 0.6) is 0 Å². The Labute approximate surface area is 110 Å². The van der Waals surface area contributed by atoms with Crippen LogP contribution >= 0.6 is 0 Å². The van der Waals surface area contributed by atoms with Crippen LogP contribution < -0.4 is 0 Å². The van der Waals surface area contributed by atoms with Crippen molar-refractivity contribution in [2.75, 3.05) is 0 Å². The second-order valence-electron chi connectivity index (χ2n) is 7.31. The van der Waals surface area contributed by atoms with E-state index < -0.39 is 5.60 Å². The zero-order valence-electron chi connectivity index (χ0n) is 12.0. The van der Waals surface area contributed by atoms with Gasteiger partial charge in [0.15, 0.2) is 0 Å². The first-order valence-corrected chi connectivity index (χ1v) is 7.30. The van der Waals surface area contributed by atoms with Crippen molar-refractivity contribution in [3.8, 4) is 0 Å². The second kappa shape index (κ2) is 4.77. The number of hydrogen-bond acceptors (Lipinski definition) is 3. The molecule has 7 atom stereocenters. The third-order valence-corrected chi connectivity index (χ3v) is 5.40. The van der Waals surface area contributed by atoms with Gasteiger partial charge in [0.1, 0.15) is 0 Å². The quantitative estimate of drug-likeness (QED) is 0.670. The van der Waals surface area contributed by atoms with E-state index in [9.17, 15) is 15.3 Å². The first-order chi connectivity index (χ1) is 8.21. The Morgan fingerprint density at radius 1 is 0.944 bits per heavy atom. The summed E-state index contributed by atoms with van der Waals surface area (Å²) in [6.07, 6.45) is 1.79. The molecular weight excluding hydrogens is 228 g/mol. The van der Waals surface area contributed by atoms with Gasteiger partial charge in [0, 0.05) is 0 Å². The summed E-state index contributed by atoms with van der Waals surface area (Å²) in [6.45, 7) is 7.92. The van der Waals surface area contributed by atoms with Gasteiger partial charge in [-0.2, -0.15) is 0 Å². The lowest BCUT2D eigenvalue weighted by atomic mass is 9.56. The molecule has 0 aromatic rings. The SMILES string of the molecule is C[C@H]1CC2C([C@@H](O)C1)[C@H](C)[C@H](C(C)(C)O)C[C@H]2O. The van der Waals surface area contributed by atoms with Crippen molar-refractivity contribution < 1.29 is 15.3 Å². The molecule has 0 aromatic carbocycles. The molecule has 106 valence electrons. The van der Waals surface area contributed by atoms with E-state index in [0.29, 0.717) is 12.3 Å². The van der Waals surface area contributed by atoms with Crippen molar-refractivity contribution in [1.82, 2.24) is 0 Å². The fourth-order valence-corrected chi connectivity index (χ4v) is 4.58. The molecule has 0 heterocycles. The third kappa shape index (κ3) is 2.45. The molecule has 3 N–H and O–H groups in total. The maximum atomic E-state index is 10.4. The molecule has 2 unspecified atom stereocenters. The van der Waals surface area contributed by atoms with E-state index in [1.807, 2.05) is 13.8 Å². The smallest absolute Gasteiger partial charge is 0.0623 e. The Bertz CT molecular complexity index is 297. The van der Waals surface area contributed by atoms with Gasteiger partial charge in [-0.25, -0.2) is 0 Å². The van der Waals surface area contributed by atoms with Crippen LogP contribution in [0.15, 0.2) is 0 Å². The Morgan fingerprint density at radius 2 is 1.56 bits per heavy atom. The molecule has 2 fully saturated rings. The number of aliphatic hydroxyl groups excluding tert-OH is 2. The number of aliphatic hydroxyl groups is 3. The molecule has 3 heteroatoms. The molecule has 0 bridgehead atoms. The van der Waals surface area contributed by atoms with Gasteiger partial charge in [0.25, 0.3) is 0 Å². The molecule has 2 aliphatic rings. The average Bonchev–Trinajstić information content (AvgIpc) is 2.20. The van der Waals surface area contributed by atoms with Crippen LogP contribution in [-0.2, 0) is 0 Å². The molecule has 0 saturated heterocycles. The number of rotatable bonds is 1. The Morgan fingerprint density at radius 3 is 2.11 bits per heavy atom. The first kappa shape index (κ1) is 14.3. The summed E-state index contributed by atoms with van der Waals surface area (Å²) >= 11 is 0. The monoisotopic (exact) mass is 256 g/mol. The Kier molecular flexibility index (Phi) is 3.79. The Hall–Kier alpha value is -0.120. The van der Waals surface area contributed by atoms with Crippen molar-refractivity contribution in [2.45, 2.75) is 64.8 Å². The molecule has 3 nitrogen and oxygen atoms in total. The predicted molar refractivity (Wildman–Crippen MR) is 71.0 cm³/mol. The highest BCUT2D eigenvalue weighted by Gasteiger charge is 2.51. The molecule has 0 amide bonds. The van der Waals surface area contributed by atoms with E-state index in [1.165, 1.54) is 0 Å². The molecule has 0 aromatic heterocycles. The molecule has 2 aliphatic carbocycles. The molecule has 0 radical (unpaired) electrons. The number of fused-ring (bicyclic) bond motifs is 1. The van der Waals surface area contributed by atoms with E-state index in [4.69, 9.17) is 0 Å². The van der Waals surface area contributed by atoms with Gasteiger partial charge in [-0.1, -0.05) is 13.8 Å². The molecule has 18 heavy (non-hydrogen) atoms. The summed E-state index contributed by atoms with van der Waals surface area (Å²) in [5, 5.41) is 31.0.